The third kappa shape index (κ3) is 5.70. The van der Waals surface area contributed by atoms with Gasteiger partial charge in [-0.2, -0.15) is 4.40 Å². The molecule has 0 saturated heterocycles. The van der Waals surface area contributed by atoms with E-state index in [1.165, 1.54) is 12.4 Å². The van der Waals surface area contributed by atoms with E-state index in [0.29, 0.717) is 46.5 Å². The van der Waals surface area contributed by atoms with Gasteiger partial charge in [0.2, 0.25) is 16.0 Å². The Morgan fingerprint density at radius 2 is 2.00 bits per heavy atom. The molecule has 1 aliphatic rings. The minimum atomic E-state index is -3.50. The lowest BCUT2D eigenvalue weighted by Gasteiger charge is -2.26. The molecule has 1 fully saturated rings. The van der Waals surface area contributed by atoms with Crippen molar-refractivity contribution in [3.05, 3.63) is 47.4 Å². The van der Waals surface area contributed by atoms with E-state index in [4.69, 9.17) is 16.3 Å². The number of benzene rings is 1. The van der Waals surface area contributed by atoms with Crippen molar-refractivity contribution in [3.63, 3.8) is 0 Å². The Hall–Kier alpha value is -2.82. The molecule has 1 aliphatic carbocycles. The van der Waals surface area contributed by atoms with E-state index in [2.05, 4.69) is 24.7 Å². The molecule has 32 heavy (non-hydrogen) atoms. The number of ether oxygens (including phenoxy) is 1. The Balaban J connectivity index is 1.60. The number of halogens is 1. The van der Waals surface area contributed by atoms with E-state index in [0.717, 1.165) is 24.5 Å². The summed E-state index contributed by atoms with van der Waals surface area (Å²) in [6, 6.07) is 6.91. The molecule has 0 amide bonds. The van der Waals surface area contributed by atoms with Crippen LogP contribution >= 0.6 is 11.6 Å². The molecule has 0 atom stereocenters. The Morgan fingerprint density at radius 1 is 1.22 bits per heavy atom. The molecule has 0 radical (unpaired) electrons. The fraction of sp³-hybridized carbons (Fsp3) is 0.333. The standard InChI is InChI=1S/C21H22ClN5O4S/c1-32(29,30)25-12-15-10-14(8-9-23-15)26-21-24-11-13-2-7-18(22)20(19(13)27-21)31-17-5-3-16(28)4-6-17/h2,7-12,16-17,28H,3-6H2,1H3,(H,23,24,26,27). The predicted molar refractivity (Wildman–Crippen MR) is 123 cm³/mol. The van der Waals surface area contributed by atoms with E-state index in [-0.39, 0.29) is 12.2 Å². The third-order valence-electron chi connectivity index (χ3n) is 5.00. The van der Waals surface area contributed by atoms with Gasteiger partial charge in [-0.1, -0.05) is 11.6 Å². The molecule has 4 rings (SSSR count). The second-order valence-electron chi connectivity index (χ2n) is 7.62. The van der Waals surface area contributed by atoms with Gasteiger partial charge >= 0.3 is 0 Å². The van der Waals surface area contributed by atoms with Crippen molar-refractivity contribution < 1.29 is 18.3 Å². The number of aliphatic hydroxyl groups is 1. The highest BCUT2D eigenvalue weighted by Crippen LogP contribution is 2.35. The zero-order chi connectivity index (χ0) is 22.7. The van der Waals surface area contributed by atoms with Gasteiger partial charge in [0.05, 0.1) is 35.4 Å². The Morgan fingerprint density at radius 3 is 2.75 bits per heavy atom. The second kappa shape index (κ2) is 9.35. The molecule has 11 heteroatoms. The SMILES string of the molecule is CS(=O)(=O)N=Cc1cc(Nc2ncc3ccc(Cl)c(OC4CCC(O)CC4)c3n2)ccn1. The molecule has 0 spiro atoms. The van der Waals surface area contributed by atoms with Gasteiger partial charge in [0.15, 0.2) is 5.75 Å². The van der Waals surface area contributed by atoms with Crippen molar-refractivity contribution in [3.8, 4) is 5.75 Å². The van der Waals surface area contributed by atoms with Crippen molar-refractivity contribution in [2.45, 2.75) is 37.9 Å². The summed E-state index contributed by atoms with van der Waals surface area (Å²) in [6.45, 7) is 0. The average molecular weight is 476 g/mol. The highest BCUT2D eigenvalue weighted by molar-refractivity contribution is 7.89. The number of nitrogens with one attached hydrogen (secondary N) is 1. The third-order valence-corrected chi connectivity index (χ3v) is 5.79. The van der Waals surface area contributed by atoms with Crippen LogP contribution in [0, 0.1) is 0 Å². The van der Waals surface area contributed by atoms with E-state index in [1.807, 2.05) is 6.07 Å². The Kier molecular flexibility index (Phi) is 6.54. The number of fused-ring (bicyclic) bond motifs is 1. The Bertz CT molecular complexity index is 1260. The highest BCUT2D eigenvalue weighted by Gasteiger charge is 2.23. The summed E-state index contributed by atoms with van der Waals surface area (Å²) in [6.07, 6.45) is 7.96. The molecular weight excluding hydrogens is 454 g/mol. The van der Waals surface area contributed by atoms with Crippen LogP contribution in [-0.2, 0) is 10.0 Å². The normalized spacial score (nSPS) is 19.3. The summed E-state index contributed by atoms with van der Waals surface area (Å²) in [5.41, 5.74) is 1.56. The number of nitrogens with zero attached hydrogens (tertiary/aromatic N) is 4. The van der Waals surface area contributed by atoms with Gasteiger partial charge in [0.1, 0.15) is 5.52 Å². The number of sulfonamides is 1. The van der Waals surface area contributed by atoms with Crippen LogP contribution in [0.1, 0.15) is 31.4 Å². The number of hydrogen-bond acceptors (Lipinski definition) is 8. The summed E-state index contributed by atoms with van der Waals surface area (Å²) in [5.74, 6) is 0.813. The van der Waals surface area contributed by atoms with Gasteiger partial charge in [-0.25, -0.2) is 18.4 Å². The number of aromatic nitrogens is 3. The lowest BCUT2D eigenvalue weighted by atomic mass is 9.95. The monoisotopic (exact) mass is 475 g/mol. The first-order chi connectivity index (χ1) is 15.3. The largest absolute Gasteiger partial charge is 0.487 e. The van der Waals surface area contributed by atoms with E-state index in [9.17, 15) is 13.5 Å². The van der Waals surface area contributed by atoms with Crippen molar-refractivity contribution in [1.82, 2.24) is 15.0 Å². The highest BCUT2D eigenvalue weighted by atomic mass is 35.5. The van der Waals surface area contributed by atoms with Crippen LogP contribution in [0.15, 0.2) is 41.1 Å². The topological polar surface area (TPSA) is 127 Å². The molecule has 3 aromatic rings. The molecular formula is C21H22ClN5O4S. The molecule has 0 unspecified atom stereocenters. The number of pyridine rings is 1. The first-order valence-electron chi connectivity index (χ1n) is 10.1. The van der Waals surface area contributed by atoms with Gasteiger partial charge < -0.3 is 15.2 Å². The number of anilines is 2. The molecule has 9 nitrogen and oxygen atoms in total. The van der Waals surface area contributed by atoms with Crippen LogP contribution in [0.4, 0.5) is 11.6 Å². The number of hydrogen-bond donors (Lipinski definition) is 2. The van der Waals surface area contributed by atoms with E-state index < -0.39 is 10.0 Å². The smallest absolute Gasteiger partial charge is 0.250 e. The van der Waals surface area contributed by atoms with Gasteiger partial charge in [0.25, 0.3) is 0 Å². The maximum Gasteiger partial charge on any atom is 0.250 e. The van der Waals surface area contributed by atoms with E-state index in [1.54, 1.807) is 24.4 Å². The van der Waals surface area contributed by atoms with Crippen molar-refractivity contribution in [2.24, 2.45) is 4.40 Å². The summed E-state index contributed by atoms with van der Waals surface area (Å²) < 4.78 is 32.1. The first kappa shape index (κ1) is 22.4. The van der Waals surface area contributed by atoms with Crippen molar-refractivity contribution >= 4 is 50.4 Å². The van der Waals surface area contributed by atoms with Crippen molar-refractivity contribution in [1.29, 1.82) is 0 Å². The summed E-state index contributed by atoms with van der Waals surface area (Å²) in [7, 11) is -3.50. The zero-order valence-corrected chi connectivity index (χ0v) is 18.8. The molecule has 2 heterocycles. The van der Waals surface area contributed by atoms with E-state index >= 15 is 0 Å². The predicted octanol–water partition coefficient (Wildman–Crippen LogP) is 3.48. The number of rotatable bonds is 6. The van der Waals surface area contributed by atoms with Crippen LogP contribution in [-0.4, -0.2) is 53.2 Å². The van der Waals surface area contributed by atoms with Crippen molar-refractivity contribution in [2.75, 3.05) is 11.6 Å². The fourth-order valence-electron chi connectivity index (χ4n) is 3.42. The van der Waals surface area contributed by atoms with Gasteiger partial charge in [-0.3, -0.25) is 4.98 Å². The molecule has 2 aromatic heterocycles. The quantitative estimate of drug-likeness (QED) is 0.519. The number of aliphatic hydroxyl groups excluding tert-OH is 1. The van der Waals surface area contributed by atoms with Gasteiger partial charge in [-0.05, 0) is 49.9 Å². The fourth-order valence-corrected chi connectivity index (χ4v) is 3.92. The van der Waals surface area contributed by atoms with Crippen LogP contribution in [0.25, 0.3) is 10.9 Å². The van der Waals surface area contributed by atoms with Crippen LogP contribution in [0.3, 0.4) is 0 Å². The lowest BCUT2D eigenvalue weighted by Crippen LogP contribution is -2.26. The Labute approximate surface area is 190 Å². The lowest BCUT2D eigenvalue weighted by molar-refractivity contribution is 0.0673. The second-order valence-corrected chi connectivity index (χ2v) is 9.70. The minimum absolute atomic E-state index is 0.0373. The maximum atomic E-state index is 11.2. The first-order valence-corrected chi connectivity index (χ1v) is 12.3. The zero-order valence-electron chi connectivity index (χ0n) is 17.3. The molecule has 0 aliphatic heterocycles. The van der Waals surface area contributed by atoms with Gasteiger partial charge in [-0.15, -0.1) is 0 Å². The minimum Gasteiger partial charge on any atom is -0.487 e. The average Bonchev–Trinajstić information content (AvgIpc) is 2.76. The summed E-state index contributed by atoms with van der Waals surface area (Å²) >= 11 is 6.43. The molecule has 1 saturated carbocycles. The molecule has 168 valence electrons. The summed E-state index contributed by atoms with van der Waals surface area (Å²) in [5, 5.41) is 14.1. The molecule has 2 N–H and O–H groups in total. The van der Waals surface area contributed by atoms with Crippen LogP contribution < -0.4 is 10.1 Å². The van der Waals surface area contributed by atoms with Crippen LogP contribution in [0.5, 0.6) is 5.75 Å². The van der Waals surface area contributed by atoms with Gasteiger partial charge in [0, 0.05) is 23.5 Å². The van der Waals surface area contributed by atoms with Crippen LogP contribution in [0.2, 0.25) is 5.02 Å². The maximum absolute atomic E-state index is 11.2. The molecule has 0 bridgehead atoms. The molecule has 1 aromatic carbocycles. The summed E-state index contributed by atoms with van der Waals surface area (Å²) in [4.78, 5) is 13.0.